The van der Waals surface area contributed by atoms with E-state index in [4.69, 9.17) is 9.47 Å². The third-order valence-electron chi connectivity index (χ3n) is 4.26. The standard InChI is InChI=1S/C13H16O4/c1-7(2)12(15)17-13-6-8-3-9(10(13)4-8)5-11(14)16-13/h8-10H,1,3-6H2,2H3. The Morgan fingerprint density at radius 1 is 1.53 bits per heavy atom. The van der Waals surface area contributed by atoms with Gasteiger partial charge in [0.2, 0.25) is 0 Å². The molecule has 92 valence electrons. The van der Waals surface area contributed by atoms with E-state index in [9.17, 15) is 9.59 Å². The predicted octanol–water partition coefficient (Wildman–Crippen LogP) is 1.79. The van der Waals surface area contributed by atoms with Crippen molar-refractivity contribution in [3.8, 4) is 0 Å². The van der Waals surface area contributed by atoms with Crippen LogP contribution >= 0.6 is 0 Å². The number of ether oxygens (including phenoxy) is 2. The Balaban J connectivity index is 1.87. The van der Waals surface area contributed by atoms with Crippen LogP contribution in [0.1, 0.15) is 32.6 Å². The van der Waals surface area contributed by atoms with Crippen LogP contribution in [-0.2, 0) is 19.1 Å². The first-order chi connectivity index (χ1) is 8.00. The molecular formula is C13H16O4. The van der Waals surface area contributed by atoms with Crippen LogP contribution in [0.15, 0.2) is 12.2 Å². The van der Waals surface area contributed by atoms with E-state index in [2.05, 4.69) is 6.58 Å². The van der Waals surface area contributed by atoms with Crippen molar-refractivity contribution in [3.05, 3.63) is 12.2 Å². The predicted molar refractivity (Wildman–Crippen MR) is 58.7 cm³/mol. The fourth-order valence-electron chi connectivity index (χ4n) is 3.67. The highest BCUT2D eigenvalue weighted by atomic mass is 16.7. The Morgan fingerprint density at radius 3 is 2.94 bits per heavy atom. The lowest BCUT2D eigenvalue weighted by molar-refractivity contribution is -0.263. The summed E-state index contributed by atoms with van der Waals surface area (Å²) in [5, 5.41) is 0. The fraction of sp³-hybridized carbons (Fsp3) is 0.692. The molecule has 0 radical (unpaired) electrons. The Morgan fingerprint density at radius 2 is 2.29 bits per heavy atom. The number of carbonyl (C=O) groups is 2. The lowest BCUT2D eigenvalue weighted by atomic mass is 9.80. The van der Waals surface area contributed by atoms with Crippen LogP contribution in [0.4, 0.5) is 0 Å². The molecule has 0 N–H and O–H groups in total. The molecule has 2 bridgehead atoms. The number of carbonyl (C=O) groups excluding carboxylic acids is 2. The van der Waals surface area contributed by atoms with Crippen LogP contribution in [-0.4, -0.2) is 17.7 Å². The normalized spacial score (nSPS) is 42.2. The minimum Gasteiger partial charge on any atom is -0.422 e. The summed E-state index contributed by atoms with van der Waals surface area (Å²) in [6.07, 6.45) is 3.24. The molecule has 0 spiro atoms. The van der Waals surface area contributed by atoms with E-state index in [1.165, 1.54) is 0 Å². The van der Waals surface area contributed by atoms with Gasteiger partial charge in [0, 0.05) is 24.3 Å². The van der Waals surface area contributed by atoms with Gasteiger partial charge < -0.3 is 9.47 Å². The van der Waals surface area contributed by atoms with Gasteiger partial charge in [-0.25, -0.2) is 4.79 Å². The van der Waals surface area contributed by atoms with Gasteiger partial charge in [-0.2, -0.15) is 0 Å². The van der Waals surface area contributed by atoms with Crippen molar-refractivity contribution >= 4 is 11.9 Å². The summed E-state index contributed by atoms with van der Waals surface area (Å²) in [5.74, 6) is -0.580. The molecule has 0 amide bonds. The summed E-state index contributed by atoms with van der Waals surface area (Å²) in [5.41, 5.74) is 0.348. The van der Waals surface area contributed by atoms with Crippen LogP contribution in [0.5, 0.6) is 0 Å². The van der Waals surface area contributed by atoms with Gasteiger partial charge in [-0.05, 0) is 31.6 Å². The zero-order chi connectivity index (χ0) is 12.2. The van der Waals surface area contributed by atoms with Crippen LogP contribution < -0.4 is 0 Å². The van der Waals surface area contributed by atoms with Gasteiger partial charge in [0.25, 0.3) is 5.79 Å². The molecule has 1 aliphatic heterocycles. The fourth-order valence-corrected chi connectivity index (χ4v) is 3.67. The minimum atomic E-state index is -0.973. The second-order valence-electron chi connectivity index (χ2n) is 5.57. The minimum absolute atomic E-state index is 0.202. The van der Waals surface area contributed by atoms with Gasteiger partial charge >= 0.3 is 11.9 Å². The molecule has 2 saturated carbocycles. The zero-order valence-electron chi connectivity index (χ0n) is 9.90. The third kappa shape index (κ3) is 1.50. The monoisotopic (exact) mass is 236 g/mol. The molecule has 3 rings (SSSR count). The second-order valence-corrected chi connectivity index (χ2v) is 5.57. The summed E-state index contributed by atoms with van der Waals surface area (Å²) in [4.78, 5) is 23.2. The van der Waals surface area contributed by atoms with Crippen molar-refractivity contribution in [2.75, 3.05) is 0 Å². The third-order valence-corrected chi connectivity index (χ3v) is 4.26. The van der Waals surface area contributed by atoms with Crippen molar-refractivity contribution in [3.63, 3.8) is 0 Å². The summed E-state index contributed by atoms with van der Waals surface area (Å²) in [6, 6.07) is 0. The molecule has 0 aromatic heterocycles. The van der Waals surface area contributed by atoms with E-state index < -0.39 is 11.8 Å². The molecule has 17 heavy (non-hydrogen) atoms. The van der Waals surface area contributed by atoms with Crippen molar-refractivity contribution in [2.24, 2.45) is 17.8 Å². The molecule has 3 fully saturated rings. The van der Waals surface area contributed by atoms with E-state index >= 15 is 0 Å². The Kier molecular flexibility index (Phi) is 2.12. The highest BCUT2D eigenvalue weighted by Crippen LogP contribution is 2.59. The number of hydrogen-bond acceptors (Lipinski definition) is 4. The number of fused-ring (bicyclic) bond motifs is 1. The summed E-state index contributed by atoms with van der Waals surface area (Å²) >= 11 is 0. The van der Waals surface area contributed by atoms with Crippen molar-refractivity contribution in [2.45, 2.75) is 38.4 Å². The van der Waals surface area contributed by atoms with Crippen molar-refractivity contribution < 1.29 is 19.1 Å². The average Bonchev–Trinajstić information content (AvgIpc) is 2.72. The van der Waals surface area contributed by atoms with Gasteiger partial charge in [-0.1, -0.05) is 6.58 Å². The molecule has 4 unspecified atom stereocenters. The zero-order valence-corrected chi connectivity index (χ0v) is 9.90. The first kappa shape index (κ1) is 10.8. The van der Waals surface area contributed by atoms with Gasteiger partial charge in [0.05, 0.1) is 0 Å². The molecule has 3 aliphatic rings. The molecule has 0 aromatic rings. The highest BCUT2D eigenvalue weighted by Gasteiger charge is 2.63. The van der Waals surface area contributed by atoms with E-state index in [1.807, 2.05) is 0 Å². The van der Waals surface area contributed by atoms with Crippen molar-refractivity contribution in [1.82, 2.24) is 0 Å². The molecule has 4 nitrogen and oxygen atoms in total. The largest absolute Gasteiger partial charge is 0.422 e. The van der Waals surface area contributed by atoms with Crippen LogP contribution in [0.25, 0.3) is 0 Å². The maximum atomic E-state index is 11.7. The topological polar surface area (TPSA) is 52.6 Å². The van der Waals surface area contributed by atoms with Gasteiger partial charge in [-0.15, -0.1) is 0 Å². The van der Waals surface area contributed by atoms with Crippen LogP contribution in [0.3, 0.4) is 0 Å². The molecule has 4 atom stereocenters. The number of hydrogen-bond donors (Lipinski definition) is 0. The second kappa shape index (κ2) is 3.34. The lowest BCUT2D eigenvalue weighted by Gasteiger charge is -2.43. The summed E-state index contributed by atoms with van der Waals surface area (Å²) in [6.45, 7) is 5.17. The van der Waals surface area contributed by atoms with Gasteiger partial charge in [0.15, 0.2) is 0 Å². The maximum absolute atomic E-state index is 11.7. The average molecular weight is 236 g/mol. The maximum Gasteiger partial charge on any atom is 0.336 e. The number of rotatable bonds is 2. The van der Waals surface area contributed by atoms with Crippen LogP contribution in [0, 0.1) is 17.8 Å². The molecular weight excluding hydrogens is 220 g/mol. The molecule has 2 aliphatic carbocycles. The highest BCUT2D eigenvalue weighted by molar-refractivity contribution is 5.87. The smallest absolute Gasteiger partial charge is 0.336 e. The molecule has 1 heterocycles. The molecule has 4 heteroatoms. The van der Waals surface area contributed by atoms with E-state index in [0.717, 1.165) is 12.8 Å². The summed E-state index contributed by atoms with van der Waals surface area (Å²) in [7, 11) is 0. The Bertz CT molecular complexity index is 414. The van der Waals surface area contributed by atoms with Gasteiger partial charge in [-0.3, -0.25) is 4.79 Å². The number of esters is 2. The van der Waals surface area contributed by atoms with Crippen molar-refractivity contribution in [1.29, 1.82) is 0 Å². The lowest BCUT2D eigenvalue weighted by Crippen LogP contribution is -2.51. The molecule has 0 aromatic carbocycles. The van der Waals surface area contributed by atoms with Gasteiger partial charge in [0.1, 0.15) is 0 Å². The molecule has 1 saturated heterocycles. The summed E-state index contributed by atoms with van der Waals surface area (Å²) < 4.78 is 10.9. The quantitative estimate of drug-likeness (QED) is 0.542. The Labute approximate surface area is 100.0 Å². The first-order valence-corrected chi connectivity index (χ1v) is 6.11. The Hall–Kier alpha value is -1.32. The van der Waals surface area contributed by atoms with E-state index in [0.29, 0.717) is 30.3 Å². The SMILES string of the molecule is C=C(C)C(=O)OC12CC3CC(CC(=O)O1)C2C3. The van der Waals surface area contributed by atoms with E-state index in [-0.39, 0.29) is 11.9 Å². The van der Waals surface area contributed by atoms with Crippen LogP contribution in [0.2, 0.25) is 0 Å². The van der Waals surface area contributed by atoms with E-state index in [1.54, 1.807) is 6.92 Å². The first-order valence-electron chi connectivity index (χ1n) is 6.11.